The maximum Gasteiger partial charge on any atom is 0.111 e. The highest BCUT2D eigenvalue weighted by Gasteiger charge is 2.42. The standard InChI is InChI=1S/C33H42N2O2/c1-22-13-15-27(33(3,4)26-16-14-24-10-7-8-11-25(24)18-26)19-31(22)37-32-20-28(30-12-9-17-36-30)29(23(32)2)21-34-35(5)6/h7-12,14,16-18,20-23,27-29,31H,13,15,19H2,1-6H3/b34-21+/t22-,23+,27+,28+,29+,31+/m0/s1. The van der Waals surface area contributed by atoms with Crippen molar-refractivity contribution in [1.29, 1.82) is 0 Å². The monoisotopic (exact) mass is 498 g/mol. The smallest absolute Gasteiger partial charge is 0.111 e. The van der Waals surface area contributed by atoms with E-state index in [2.05, 4.69) is 93.6 Å². The summed E-state index contributed by atoms with van der Waals surface area (Å²) in [4.78, 5) is 0. The van der Waals surface area contributed by atoms with Gasteiger partial charge < -0.3 is 14.2 Å². The van der Waals surface area contributed by atoms with E-state index >= 15 is 0 Å². The molecule has 0 radical (unpaired) electrons. The summed E-state index contributed by atoms with van der Waals surface area (Å²) in [6, 6.07) is 19.7. The Morgan fingerprint density at radius 2 is 1.78 bits per heavy atom. The quantitative estimate of drug-likeness (QED) is 0.245. The van der Waals surface area contributed by atoms with Gasteiger partial charge in [0.05, 0.1) is 12.0 Å². The molecule has 0 amide bonds. The topological polar surface area (TPSA) is 38.0 Å². The van der Waals surface area contributed by atoms with Crippen molar-refractivity contribution in [2.45, 2.75) is 64.4 Å². The van der Waals surface area contributed by atoms with E-state index in [0.717, 1.165) is 17.9 Å². The maximum atomic E-state index is 6.92. The summed E-state index contributed by atoms with van der Waals surface area (Å²) in [6.07, 6.45) is 9.85. The fraction of sp³-hybridized carbons (Fsp3) is 0.485. The minimum Gasteiger partial charge on any atom is -0.494 e. The summed E-state index contributed by atoms with van der Waals surface area (Å²) in [5, 5.41) is 9.08. The Bertz CT molecular complexity index is 1260. The fourth-order valence-electron chi connectivity index (χ4n) is 6.37. The molecule has 4 nitrogen and oxygen atoms in total. The van der Waals surface area contributed by atoms with Crippen molar-refractivity contribution < 1.29 is 9.15 Å². The molecule has 0 spiro atoms. The zero-order valence-corrected chi connectivity index (χ0v) is 23.2. The van der Waals surface area contributed by atoms with E-state index in [1.165, 1.54) is 29.2 Å². The minimum absolute atomic E-state index is 0.0824. The Balaban J connectivity index is 1.36. The van der Waals surface area contributed by atoms with Crippen LogP contribution in [0.2, 0.25) is 0 Å². The highest BCUT2D eigenvalue weighted by Crippen LogP contribution is 2.47. The normalized spacial score (nSPS) is 28.5. The Kier molecular flexibility index (Phi) is 7.20. The Hall–Kier alpha value is -3.01. The first-order valence-corrected chi connectivity index (χ1v) is 13.9. The number of hydrazone groups is 1. The van der Waals surface area contributed by atoms with Crippen molar-refractivity contribution in [2.75, 3.05) is 14.1 Å². The summed E-state index contributed by atoms with van der Waals surface area (Å²) in [7, 11) is 3.92. The number of nitrogens with zero attached hydrogens (tertiary/aromatic N) is 2. The van der Waals surface area contributed by atoms with Crippen LogP contribution in [0.4, 0.5) is 0 Å². The molecule has 1 aromatic heterocycles. The number of fused-ring (bicyclic) bond motifs is 1. The average Bonchev–Trinajstić information content (AvgIpc) is 3.52. The van der Waals surface area contributed by atoms with E-state index < -0.39 is 0 Å². The molecule has 5 rings (SSSR count). The number of ether oxygens (including phenoxy) is 1. The van der Waals surface area contributed by atoms with Crippen LogP contribution in [-0.2, 0) is 10.2 Å². The highest BCUT2D eigenvalue weighted by atomic mass is 16.5. The van der Waals surface area contributed by atoms with Gasteiger partial charge in [0, 0.05) is 38.1 Å². The molecule has 2 aromatic carbocycles. The molecule has 1 saturated carbocycles. The van der Waals surface area contributed by atoms with E-state index in [-0.39, 0.29) is 29.3 Å². The zero-order chi connectivity index (χ0) is 26.2. The van der Waals surface area contributed by atoms with Gasteiger partial charge in [-0.2, -0.15) is 5.10 Å². The molecule has 2 aliphatic carbocycles. The molecule has 2 aliphatic rings. The molecular weight excluding hydrogens is 456 g/mol. The SMILES string of the molecule is C[C@H]1CC[C@@H](C(C)(C)c2ccc3ccccc3c2)C[C@H]1OC1=C[C@@H](c2ccco2)[C@H](/C=N/N(C)C)[C@H]1C. The number of hydrogen-bond acceptors (Lipinski definition) is 4. The number of hydrogen-bond donors (Lipinski definition) is 0. The second-order valence-corrected chi connectivity index (χ2v) is 12.0. The third-order valence-corrected chi connectivity index (χ3v) is 9.05. The average molecular weight is 499 g/mol. The molecule has 4 heteroatoms. The lowest BCUT2D eigenvalue weighted by molar-refractivity contribution is -0.00295. The first-order valence-electron chi connectivity index (χ1n) is 13.9. The van der Waals surface area contributed by atoms with Crippen molar-refractivity contribution in [3.63, 3.8) is 0 Å². The van der Waals surface area contributed by atoms with Crippen LogP contribution in [0.15, 0.2) is 82.2 Å². The molecule has 1 fully saturated rings. The van der Waals surface area contributed by atoms with E-state index in [9.17, 15) is 0 Å². The predicted molar refractivity (Wildman–Crippen MR) is 153 cm³/mol. The van der Waals surface area contributed by atoms with E-state index in [0.29, 0.717) is 11.8 Å². The van der Waals surface area contributed by atoms with E-state index in [1.54, 1.807) is 6.26 Å². The number of rotatable bonds is 7. The largest absolute Gasteiger partial charge is 0.494 e. The number of furan rings is 1. The van der Waals surface area contributed by atoms with Crippen molar-refractivity contribution in [3.05, 3.63) is 84.0 Å². The lowest BCUT2D eigenvalue weighted by atomic mass is 9.65. The maximum absolute atomic E-state index is 6.92. The summed E-state index contributed by atoms with van der Waals surface area (Å²) >= 11 is 0. The minimum atomic E-state index is 0.0824. The second-order valence-electron chi connectivity index (χ2n) is 12.0. The summed E-state index contributed by atoms with van der Waals surface area (Å²) in [5.41, 5.74) is 1.51. The highest BCUT2D eigenvalue weighted by molar-refractivity contribution is 5.83. The Morgan fingerprint density at radius 1 is 1.00 bits per heavy atom. The van der Waals surface area contributed by atoms with Gasteiger partial charge in [-0.3, -0.25) is 0 Å². The first-order chi connectivity index (χ1) is 17.7. The third-order valence-electron chi connectivity index (χ3n) is 9.05. The molecule has 3 aromatic rings. The molecule has 37 heavy (non-hydrogen) atoms. The lowest BCUT2D eigenvalue weighted by Gasteiger charge is -2.43. The van der Waals surface area contributed by atoms with Crippen LogP contribution in [0.3, 0.4) is 0 Å². The van der Waals surface area contributed by atoms with Crippen LogP contribution in [0, 0.1) is 23.7 Å². The molecule has 0 unspecified atom stereocenters. The van der Waals surface area contributed by atoms with Crippen LogP contribution in [0.25, 0.3) is 10.8 Å². The molecule has 0 bridgehead atoms. The van der Waals surface area contributed by atoms with Gasteiger partial charge in [0.25, 0.3) is 0 Å². The Morgan fingerprint density at radius 3 is 2.51 bits per heavy atom. The molecule has 196 valence electrons. The van der Waals surface area contributed by atoms with Crippen LogP contribution < -0.4 is 0 Å². The summed E-state index contributed by atoms with van der Waals surface area (Å²) < 4.78 is 12.7. The zero-order valence-electron chi connectivity index (χ0n) is 23.2. The first kappa shape index (κ1) is 25.6. The molecule has 6 atom stereocenters. The van der Waals surface area contributed by atoms with Crippen molar-refractivity contribution in [3.8, 4) is 0 Å². The number of allylic oxidation sites excluding steroid dienone is 2. The van der Waals surface area contributed by atoms with Crippen molar-refractivity contribution in [2.24, 2.45) is 28.8 Å². The van der Waals surface area contributed by atoms with Crippen molar-refractivity contribution >= 4 is 17.0 Å². The van der Waals surface area contributed by atoms with Crippen LogP contribution in [0.5, 0.6) is 0 Å². The third kappa shape index (κ3) is 5.21. The van der Waals surface area contributed by atoms with Gasteiger partial charge in [0.2, 0.25) is 0 Å². The fourth-order valence-corrected chi connectivity index (χ4v) is 6.37. The predicted octanol–water partition coefficient (Wildman–Crippen LogP) is 8.01. The van der Waals surface area contributed by atoms with Gasteiger partial charge in [-0.15, -0.1) is 0 Å². The van der Waals surface area contributed by atoms with Gasteiger partial charge in [-0.1, -0.05) is 70.2 Å². The lowest BCUT2D eigenvalue weighted by Crippen LogP contribution is -2.39. The molecule has 0 N–H and O–H groups in total. The van der Waals surface area contributed by atoms with Crippen LogP contribution in [0.1, 0.15) is 64.2 Å². The van der Waals surface area contributed by atoms with Crippen LogP contribution >= 0.6 is 0 Å². The van der Waals surface area contributed by atoms with Gasteiger partial charge in [-0.25, -0.2) is 0 Å². The van der Waals surface area contributed by atoms with Crippen LogP contribution in [-0.4, -0.2) is 31.4 Å². The van der Waals surface area contributed by atoms with Gasteiger partial charge in [0.15, 0.2) is 0 Å². The molecule has 0 saturated heterocycles. The van der Waals surface area contributed by atoms with E-state index in [1.807, 2.05) is 25.2 Å². The summed E-state index contributed by atoms with van der Waals surface area (Å²) in [5.74, 6) is 3.79. The second kappa shape index (κ2) is 10.4. The van der Waals surface area contributed by atoms with Gasteiger partial charge in [0.1, 0.15) is 11.9 Å². The molecule has 1 heterocycles. The summed E-state index contributed by atoms with van der Waals surface area (Å²) in [6.45, 7) is 9.48. The molecule has 0 aliphatic heterocycles. The molecular formula is C33H42N2O2. The van der Waals surface area contributed by atoms with Crippen molar-refractivity contribution in [1.82, 2.24) is 5.01 Å². The van der Waals surface area contributed by atoms with Gasteiger partial charge >= 0.3 is 0 Å². The van der Waals surface area contributed by atoms with E-state index in [4.69, 9.17) is 9.15 Å². The van der Waals surface area contributed by atoms with Gasteiger partial charge in [-0.05, 0) is 71.1 Å². The number of benzene rings is 2. The Labute approximate surface area is 222 Å².